The zero-order valence-corrected chi connectivity index (χ0v) is 14.6. The molecule has 2 aromatic rings. The summed E-state index contributed by atoms with van der Waals surface area (Å²) < 4.78 is 5.18. The Kier molecular flexibility index (Phi) is 6.00. The molecule has 0 aromatic heterocycles. The van der Waals surface area contributed by atoms with Gasteiger partial charge < -0.3 is 20.7 Å². The fourth-order valence-corrected chi connectivity index (χ4v) is 2.01. The first-order valence-electron chi connectivity index (χ1n) is 8.01. The minimum Gasteiger partial charge on any atom is -0.444 e. The number of anilines is 2. The number of carbonyl (C=O) groups is 2. The summed E-state index contributed by atoms with van der Waals surface area (Å²) in [5, 5.41) is 8.18. The zero-order valence-electron chi connectivity index (χ0n) is 14.6. The third-order valence-corrected chi connectivity index (χ3v) is 3.08. The van der Waals surface area contributed by atoms with Gasteiger partial charge in [0, 0.05) is 17.9 Å². The van der Waals surface area contributed by atoms with E-state index in [1.807, 2.05) is 63.2 Å². The number of rotatable bonds is 4. The Bertz CT molecular complexity index is 707. The van der Waals surface area contributed by atoms with Crippen molar-refractivity contribution in [3.63, 3.8) is 0 Å². The summed E-state index contributed by atoms with van der Waals surface area (Å²) in [7, 11) is 0. The average Bonchev–Trinajstić information content (AvgIpc) is 2.53. The van der Waals surface area contributed by atoms with Crippen molar-refractivity contribution in [2.45, 2.75) is 32.9 Å². The summed E-state index contributed by atoms with van der Waals surface area (Å²) in [5.41, 5.74) is 1.76. The van der Waals surface area contributed by atoms with Crippen LogP contribution in [0.3, 0.4) is 0 Å². The van der Waals surface area contributed by atoms with Crippen molar-refractivity contribution < 1.29 is 14.3 Å². The van der Waals surface area contributed by atoms with E-state index in [0.29, 0.717) is 12.2 Å². The largest absolute Gasteiger partial charge is 0.444 e. The Labute approximate surface area is 147 Å². The molecule has 0 atom stereocenters. The standard InChI is InChI=1S/C19H23N3O3/c1-19(2,3)25-18(24)20-13-14-9-11-16(12-10-14)22-17(23)21-15-7-5-4-6-8-15/h4-12H,13H2,1-3H3,(H,20,24)(H2,21,22,23). The van der Waals surface area contributed by atoms with Crippen LogP contribution in [0.25, 0.3) is 0 Å². The third kappa shape index (κ3) is 6.95. The number of carbonyl (C=O) groups excluding carboxylic acids is 2. The van der Waals surface area contributed by atoms with Crippen LogP contribution in [0.5, 0.6) is 0 Å². The van der Waals surface area contributed by atoms with Crippen molar-refractivity contribution in [3.05, 3.63) is 60.2 Å². The van der Waals surface area contributed by atoms with Gasteiger partial charge in [0.25, 0.3) is 0 Å². The second-order valence-corrected chi connectivity index (χ2v) is 6.50. The Hall–Kier alpha value is -3.02. The molecule has 6 heteroatoms. The maximum Gasteiger partial charge on any atom is 0.407 e. The van der Waals surface area contributed by atoms with E-state index in [1.54, 1.807) is 12.1 Å². The first kappa shape index (κ1) is 18.3. The molecule has 0 spiro atoms. The van der Waals surface area contributed by atoms with Crippen LogP contribution in [0.4, 0.5) is 21.0 Å². The molecule has 0 saturated heterocycles. The van der Waals surface area contributed by atoms with E-state index in [4.69, 9.17) is 4.74 Å². The number of benzene rings is 2. The molecule has 0 aliphatic heterocycles. The lowest BCUT2D eigenvalue weighted by Crippen LogP contribution is -2.32. The summed E-state index contributed by atoms with van der Waals surface area (Å²) in [4.78, 5) is 23.5. The van der Waals surface area contributed by atoms with Crippen LogP contribution in [0.1, 0.15) is 26.3 Å². The molecule has 3 N–H and O–H groups in total. The molecule has 6 nitrogen and oxygen atoms in total. The summed E-state index contributed by atoms with van der Waals surface area (Å²) in [5.74, 6) is 0. The van der Waals surface area contributed by atoms with Crippen LogP contribution in [0, 0.1) is 0 Å². The van der Waals surface area contributed by atoms with Crippen molar-refractivity contribution in [3.8, 4) is 0 Å². The van der Waals surface area contributed by atoms with Gasteiger partial charge in [0.15, 0.2) is 0 Å². The Balaban J connectivity index is 1.81. The fourth-order valence-electron chi connectivity index (χ4n) is 2.01. The van der Waals surface area contributed by atoms with Gasteiger partial charge in [-0.2, -0.15) is 0 Å². The van der Waals surface area contributed by atoms with Gasteiger partial charge in [-0.3, -0.25) is 0 Å². The number of alkyl carbamates (subject to hydrolysis) is 1. The summed E-state index contributed by atoms with van der Waals surface area (Å²) in [6, 6.07) is 16.1. The van der Waals surface area contributed by atoms with Crippen LogP contribution >= 0.6 is 0 Å². The molecular weight excluding hydrogens is 318 g/mol. The minimum absolute atomic E-state index is 0.314. The lowest BCUT2D eigenvalue weighted by molar-refractivity contribution is 0.0523. The van der Waals surface area contributed by atoms with Gasteiger partial charge in [0.1, 0.15) is 5.60 Å². The summed E-state index contributed by atoms with van der Waals surface area (Å²) in [6.07, 6.45) is -0.461. The Morgan fingerprint density at radius 1 is 0.880 bits per heavy atom. The van der Waals surface area contributed by atoms with E-state index in [9.17, 15) is 9.59 Å². The van der Waals surface area contributed by atoms with E-state index in [2.05, 4.69) is 16.0 Å². The molecular formula is C19H23N3O3. The number of amides is 3. The summed E-state index contributed by atoms with van der Waals surface area (Å²) >= 11 is 0. The molecule has 25 heavy (non-hydrogen) atoms. The lowest BCUT2D eigenvalue weighted by atomic mass is 10.2. The van der Waals surface area contributed by atoms with Gasteiger partial charge in [-0.25, -0.2) is 9.59 Å². The summed E-state index contributed by atoms with van der Waals surface area (Å²) in [6.45, 7) is 5.79. The van der Waals surface area contributed by atoms with Crippen LogP contribution in [-0.2, 0) is 11.3 Å². The van der Waals surface area contributed by atoms with Gasteiger partial charge in [-0.05, 0) is 50.6 Å². The molecule has 0 saturated carbocycles. The van der Waals surface area contributed by atoms with Crippen LogP contribution < -0.4 is 16.0 Å². The first-order chi connectivity index (χ1) is 11.8. The average molecular weight is 341 g/mol. The first-order valence-corrected chi connectivity index (χ1v) is 8.01. The second-order valence-electron chi connectivity index (χ2n) is 6.50. The van der Waals surface area contributed by atoms with Crippen LogP contribution in [0.15, 0.2) is 54.6 Å². The van der Waals surface area contributed by atoms with Gasteiger partial charge in [0.05, 0.1) is 0 Å². The number of hydrogen-bond acceptors (Lipinski definition) is 3. The fraction of sp³-hybridized carbons (Fsp3) is 0.263. The van der Waals surface area contributed by atoms with E-state index in [-0.39, 0.29) is 6.03 Å². The molecule has 0 bridgehead atoms. The highest BCUT2D eigenvalue weighted by Gasteiger charge is 2.15. The molecule has 0 heterocycles. The zero-order chi connectivity index (χ0) is 18.3. The predicted molar refractivity (Wildman–Crippen MR) is 98.6 cm³/mol. The monoisotopic (exact) mass is 341 g/mol. The molecule has 0 fully saturated rings. The SMILES string of the molecule is CC(C)(C)OC(=O)NCc1ccc(NC(=O)Nc2ccccc2)cc1. The smallest absolute Gasteiger partial charge is 0.407 e. The lowest BCUT2D eigenvalue weighted by Gasteiger charge is -2.19. The van der Waals surface area contributed by atoms with Crippen molar-refractivity contribution in [2.24, 2.45) is 0 Å². The quantitative estimate of drug-likeness (QED) is 0.773. The van der Waals surface area contributed by atoms with Gasteiger partial charge >= 0.3 is 12.1 Å². The van der Waals surface area contributed by atoms with E-state index < -0.39 is 11.7 Å². The van der Waals surface area contributed by atoms with Crippen molar-refractivity contribution in [1.29, 1.82) is 0 Å². The number of para-hydroxylation sites is 1. The van der Waals surface area contributed by atoms with E-state index >= 15 is 0 Å². The molecule has 132 valence electrons. The molecule has 0 aliphatic rings. The molecule has 0 radical (unpaired) electrons. The van der Waals surface area contributed by atoms with Gasteiger partial charge in [-0.1, -0.05) is 30.3 Å². The molecule has 2 rings (SSSR count). The van der Waals surface area contributed by atoms with Crippen LogP contribution in [-0.4, -0.2) is 17.7 Å². The Morgan fingerprint density at radius 2 is 1.44 bits per heavy atom. The number of hydrogen-bond donors (Lipinski definition) is 3. The molecule has 0 unspecified atom stereocenters. The third-order valence-electron chi connectivity index (χ3n) is 3.08. The maximum atomic E-state index is 11.9. The maximum absolute atomic E-state index is 11.9. The highest BCUT2D eigenvalue weighted by Crippen LogP contribution is 2.12. The minimum atomic E-state index is -0.524. The predicted octanol–water partition coefficient (Wildman–Crippen LogP) is 4.36. The second kappa shape index (κ2) is 8.19. The highest BCUT2D eigenvalue weighted by atomic mass is 16.6. The van der Waals surface area contributed by atoms with Crippen molar-refractivity contribution in [1.82, 2.24) is 5.32 Å². The van der Waals surface area contributed by atoms with E-state index in [0.717, 1.165) is 11.3 Å². The topological polar surface area (TPSA) is 79.5 Å². The van der Waals surface area contributed by atoms with E-state index in [1.165, 1.54) is 0 Å². The molecule has 3 amide bonds. The van der Waals surface area contributed by atoms with Gasteiger partial charge in [-0.15, -0.1) is 0 Å². The normalized spacial score (nSPS) is 10.7. The van der Waals surface area contributed by atoms with Crippen molar-refractivity contribution in [2.75, 3.05) is 10.6 Å². The number of ether oxygens (including phenoxy) is 1. The Morgan fingerprint density at radius 3 is 2.00 bits per heavy atom. The molecule has 0 aliphatic carbocycles. The number of nitrogens with one attached hydrogen (secondary N) is 3. The van der Waals surface area contributed by atoms with Crippen LogP contribution in [0.2, 0.25) is 0 Å². The van der Waals surface area contributed by atoms with Gasteiger partial charge in [0.2, 0.25) is 0 Å². The van der Waals surface area contributed by atoms with Crippen molar-refractivity contribution >= 4 is 23.5 Å². The number of urea groups is 1. The molecule has 2 aromatic carbocycles. The highest BCUT2D eigenvalue weighted by molar-refractivity contribution is 5.99.